The van der Waals surface area contributed by atoms with Crippen molar-refractivity contribution >= 4 is 40.1 Å². The fraction of sp³-hybridized carbons (Fsp3) is 0.116. The summed E-state index contributed by atoms with van der Waals surface area (Å²) in [6, 6.07) is 33.5. The lowest BCUT2D eigenvalue weighted by Crippen LogP contribution is -2.05. The Bertz CT molecular complexity index is 1860. The third-order valence-electron chi connectivity index (χ3n) is 7.58. The summed E-state index contributed by atoms with van der Waals surface area (Å²) < 4.78 is 8.34. The molecule has 0 atom stereocenters. The predicted molar refractivity (Wildman–Crippen MR) is 199 cm³/mol. The molecule has 228 valence electrons. The molecule has 0 saturated heterocycles. The number of hydrogen-bond acceptors (Lipinski definition) is 2. The maximum absolute atomic E-state index is 6.14. The first-order valence-electron chi connectivity index (χ1n) is 15.8. The Kier molecular flexibility index (Phi) is 11.1. The Morgan fingerprint density at radius 2 is 1.59 bits per heavy atom. The lowest BCUT2D eigenvalue weighted by molar-refractivity contribution is 0.478. The molecular formula is C43H41N2O+. The number of allylic oxidation sites excluding steroid dienone is 10. The maximum Gasteiger partial charge on any atom is 0.211 e. The molecule has 0 saturated carbocycles. The standard InChI is InChI=1S/C43H41N2O/c1-5-7-9-21-42(36-17-10-8-11-18-36)44-37-24-28-39(29-25-37)45(38-26-22-33(3)23-27-38)31-30-35(15-6-2)41-20-14-19-40-34(4)16-12-13-32-46-43(40)41/h6,8-32H,4-5,7H2,1-3H3/q+1/b15-6-,16-12-,21-9-,32-13-,35-30+,44-42?,45-31?. The second-order valence-electron chi connectivity index (χ2n) is 11.1. The molecule has 0 amide bonds. The predicted octanol–water partition coefficient (Wildman–Crippen LogP) is 11.5. The summed E-state index contributed by atoms with van der Waals surface area (Å²) in [6.45, 7) is 10.6. The molecular weight excluding hydrogens is 560 g/mol. The van der Waals surface area contributed by atoms with Crippen LogP contribution < -0.4 is 9.31 Å². The molecule has 1 aliphatic rings. The van der Waals surface area contributed by atoms with Crippen LogP contribution in [0.1, 0.15) is 48.9 Å². The van der Waals surface area contributed by atoms with Crippen LogP contribution in [0.5, 0.6) is 5.75 Å². The van der Waals surface area contributed by atoms with E-state index >= 15 is 0 Å². The fourth-order valence-electron chi connectivity index (χ4n) is 5.15. The number of aryl methyl sites for hydroxylation is 1. The summed E-state index contributed by atoms with van der Waals surface area (Å²) in [5, 5.41) is 0. The minimum absolute atomic E-state index is 0.789. The van der Waals surface area contributed by atoms with Crippen molar-refractivity contribution in [2.75, 3.05) is 0 Å². The number of fused-ring (bicyclic) bond motifs is 1. The molecule has 3 nitrogen and oxygen atoms in total. The minimum atomic E-state index is 0.789. The average Bonchev–Trinajstić information content (AvgIpc) is 3.08. The van der Waals surface area contributed by atoms with Gasteiger partial charge in [-0.3, -0.25) is 0 Å². The van der Waals surface area contributed by atoms with Gasteiger partial charge in [0.15, 0.2) is 6.21 Å². The van der Waals surface area contributed by atoms with E-state index in [0.29, 0.717) is 0 Å². The van der Waals surface area contributed by atoms with Gasteiger partial charge in [0.1, 0.15) is 5.75 Å². The van der Waals surface area contributed by atoms with Gasteiger partial charge in [-0.2, -0.15) is 4.58 Å². The summed E-state index contributed by atoms with van der Waals surface area (Å²) in [4.78, 5) is 5.03. The SMILES string of the molecule is C=C1/C=C\C=C/Oc2c1cccc2C(/C=C\C)=C/C=[N+](c1ccc(C)cc1)c1ccc(N=C(/C=C\CCC)c2ccccc2)cc1. The van der Waals surface area contributed by atoms with Crippen molar-refractivity contribution in [2.45, 2.75) is 33.6 Å². The number of benzene rings is 4. The average molecular weight is 602 g/mol. The van der Waals surface area contributed by atoms with Crippen LogP contribution >= 0.6 is 0 Å². The zero-order chi connectivity index (χ0) is 32.1. The number of para-hydroxylation sites is 1. The van der Waals surface area contributed by atoms with E-state index in [1.54, 1.807) is 6.26 Å². The molecule has 0 bridgehead atoms. The summed E-state index contributed by atoms with van der Waals surface area (Å²) >= 11 is 0. The number of aliphatic imine (C=N–C) groups is 1. The molecule has 0 radical (unpaired) electrons. The molecule has 1 aliphatic heterocycles. The van der Waals surface area contributed by atoms with Crippen LogP contribution in [0.3, 0.4) is 0 Å². The van der Waals surface area contributed by atoms with Gasteiger partial charge in [0, 0.05) is 47.0 Å². The molecule has 4 aromatic rings. The highest BCUT2D eigenvalue weighted by Gasteiger charge is 2.16. The third kappa shape index (κ3) is 8.13. The van der Waals surface area contributed by atoms with Gasteiger partial charge in [-0.25, -0.2) is 4.99 Å². The Balaban J connectivity index is 1.58. The van der Waals surface area contributed by atoms with Gasteiger partial charge in [-0.05, 0) is 55.7 Å². The van der Waals surface area contributed by atoms with E-state index in [1.807, 2.05) is 37.3 Å². The van der Waals surface area contributed by atoms with E-state index < -0.39 is 0 Å². The zero-order valence-electron chi connectivity index (χ0n) is 26.9. The molecule has 0 N–H and O–H groups in total. The first kappa shape index (κ1) is 31.9. The second kappa shape index (κ2) is 16.0. The second-order valence-corrected chi connectivity index (χ2v) is 11.1. The molecule has 0 aliphatic carbocycles. The van der Waals surface area contributed by atoms with Gasteiger partial charge in [-0.15, -0.1) is 0 Å². The highest BCUT2D eigenvalue weighted by atomic mass is 16.5. The molecule has 0 aromatic heterocycles. The molecule has 3 heteroatoms. The summed E-state index contributed by atoms with van der Waals surface area (Å²) in [5.41, 5.74) is 10.2. The first-order valence-corrected chi connectivity index (χ1v) is 15.8. The van der Waals surface area contributed by atoms with E-state index in [0.717, 1.165) is 69.2 Å². The van der Waals surface area contributed by atoms with Crippen molar-refractivity contribution in [3.8, 4) is 5.75 Å². The van der Waals surface area contributed by atoms with Crippen molar-refractivity contribution in [2.24, 2.45) is 4.99 Å². The van der Waals surface area contributed by atoms with E-state index in [9.17, 15) is 0 Å². The normalized spacial score (nSPS) is 15.4. The van der Waals surface area contributed by atoms with Crippen molar-refractivity contribution < 1.29 is 4.74 Å². The van der Waals surface area contributed by atoms with Gasteiger partial charge < -0.3 is 4.74 Å². The van der Waals surface area contributed by atoms with Crippen LogP contribution in [-0.2, 0) is 0 Å². The van der Waals surface area contributed by atoms with Crippen LogP contribution in [0.25, 0.3) is 11.1 Å². The Hall–Kier alpha value is -5.54. The van der Waals surface area contributed by atoms with E-state index in [2.05, 4.69) is 147 Å². The van der Waals surface area contributed by atoms with Gasteiger partial charge in [-0.1, -0.05) is 117 Å². The van der Waals surface area contributed by atoms with Crippen LogP contribution in [0, 0.1) is 6.92 Å². The van der Waals surface area contributed by atoms with Crippen molar-refractivity contribution in [1.82, 2.24) is 4.58 Å². The van der Waals surface area contributed by atoms with Gasteiger partial charge in [0.2, 0.25) is 11.4 Å². The molecule has 5 rings (SSSR count). The van der Waals surface area contributed by atoms with Gasteiger partial charge in [0.25, 0.3) is 0 Å². The molecule has 4 aromatic carbocycles. The summed E-state index contributed by atoms with van der Waals surface area (Å²) in [7, 11) is 0. The smallest absolute Gasteiger partial charge is 0.211 e. The van der Waals surface area contributed by atoms with Gasteiger partial charge in [0.05, 0.1) is 17.7 Å². The monoisotopic (exact) mass is 601 g/mol. The third-order valence-corrected chi connectivity index (χ3v) is 7.58. The number of ether oxygens (including phenoxy) is 1. The highest BCUT2D eigenvalue weighted by Crippen LogP contribution is 2.36. The first-order chi connectivity index (χ1) is 22.6. The molecule has 0 fully saturated rings. The number of hydrogen-bond donors (Lipinski definition) is 0. The fourth-order valence-corrected chi connectivity index (χ4v) is 5.15. The van der Waals surface area contributed by atoms with Crippen LogP contribution in [0.15, 0.2) is 164 Å². The minimum Gasteiger partial charge on any atom is -0.464 e. The highest BCUT2D eigenvalue weighted by molar-refractivity contribution is 6.09. The quantitative estimate of drug-likeness (QED) is 0.101. The van der Waals surface area contributed by atoms with Crippen molar-refractivity contribution in [1.29, 1.82) is 0 Å². The molecule has 46 heavy (non-hydrogen) atoms. The van der Waals surface area contributed by atoms with E-state index in [4.69, 9.17) is 9.73 Å². The number of nitrogens with zero attached hydrogens (tertiary/aromatic N) is 2. The van der Waals surface area contributed by atoms with Crippen LogP contribution in [0.2, 0.25) is 0 Å². The van der Waals surface area contributed by atoms with Crippen LogP contribution in [0.4, 0.5) is 17.1 Å². The topological polar surface area (TPSA) is 24.6 Å². The molecule has 0 spiro atoms. The number of rotatable bonds is 10. The lowest BCUT2D eigenvalue weighted by atomic mass is 9.96. The number of unbranched alkanes of at least 4 members (excludes halogenated alkanes) is 1. The van der Waals surface area contributed by atoms with Crippen LogP contribution in [-0.4, -0.2) is 11.9 Å². The van der Waals surface area contributed by atoms with Crippen molar-refractivity contribution in [3.63, 3.8) is 0 Å². The Morgan fingerprint density at radius 3 is 2.30 bits per heavy atom. The van der Waals surface area contributed by atoms with Crippen molar-refractivity contribution in [3.05, 3.63) is 181 Å². The Morgan fingerprint density at radius 1 is 0.848 bits per heavy atom. The Labute approximate surface area is 274 Å². The zero-order valence-corrected chi connectivity index (χ0v) is 26.9. The summed E-state index contributed by atoms with van der Waals surface area (Å²) in [6.07, 6.45) is 22.4. The lowest BCUT2D eigenvalue weighted by Gasteiger charge is -2.15. The van der Waals surface area contributed by atoms with Gasteiger partial charge >= 0.3 is 0 Å². The molecule has 0 unspecified atom stereocenters. The molecule has 1 heterocycles. The van der Waals surface area contributed by atoms with E-state index in [-0.39, 0.29) is 0 Å². The summed E-state index contributed by atoms with van der Waals surface area (Å²) in [5.74, 6) is 0.789. The van der Waals surface area contributed by atoms with E-state index in [1.165, 1.54) is 5.56 Å². The largest absolute Gasteiger partial charge is 0.464 e. The maximum atomic E-state index is 6.14.